The zero-order valence-electron chi connectivity index (χ0n) is 27.9. The van der Waals surface area contributed by atoms with Crippen LogP contribution in [0, 0.1) is 28.6 Å². The van der Waals surface area contributed by atoms with Crippen LogP contribution in [0.15, 0.2) is 18.2 Å². The van der Waals surface area contributed by atoms with Crippen molar-refractivity contribution in [2.24, 2.45) is 33.7 Å². The molecule has 3 fully saturated rings. The molecule has 48 heavy (non-hydrogen) atoms. The van der Waals surface area contributed by atoms with Gasteiger partial charge < -0.3 is 19.3 Å². The van der Waals surface area contributed by atoms with Gasteiger partial charge in [0, 0.05) is 11.8 Å². The SMILES string of the molecule is CN(CCCCC[C@H]1C2C(CC[C@@]3(C)C2C[C@@H](O)C32CC2)c2ccc(OS(N)(=O)=O)cc2[C@H]1O)CCCSCCCC(F)(F)C(F)(F)F. The van der Waals surface area contributed by atoms with Crippen LogP contribution in [-0.4, -0.2) is 73.4 Å². The number of alkyl halides is 5. The molecule has 0 saturated heterocycles. The monoisotopic (exact) mass is 726 g/mol. The van der Waals surface area contributed by atoms with Crippen molar-refractivity contribution >= 4 is 22.1 Å². The second-order valence-electron chi connectivity index (χ2n) is 15.1. The number of aliphatic hydroxyl groups is 2. The fraction of sp³-hybridized carbons (Fsp3) is 0.824. The lowest BCUT2D eigenvalue weighted by Gasteiger charge is -2.55. The normalized spacial score (nSPS) is 31.1. The number of benzene rings is 1. The zero-order valence-corrected chi connectivity index (χ0v) is 29.5. The van der Waals surface area contributed by atoms with Gasteiger partial charge in [-0.15, -0.1) is 0 Å². The van der Waals surface area contributed by atoms with Gasteiger partial charge in [0.25, 0.3) is 0 Å². The summed E-state index contributed by atoms with van der Waals surface area (Å²) >= 11 is 1.40. The highest BCUT2D eigenvalue weighted by Crippen LogP contribution is 2.76. The Morgan fingerprint density at radius 1 is 1.00 bits per heavy atom. The van der Waals surface area contributed by atoms with E-state index in [1.54, 1.807) is 12.1 Å². The van der Waals surface area contributed by atoms with Gasteiger partial charge >= 0.3 is 22.4 Å². The van der Waals surface area contributed by atoms with Crippen molar-refractivity contribution in [3.8, 4) is 5.75 Å². The maximum atomic E-state index is 13.0. The lowest BCUT2D eigenvalue weighted by molar-refractivity contribution is -0.284. The Morgan fingerprint density at radius 2 is 1.69 bits per heavy atom. The fourth-order valence-corrected chi connectivity index (χ4v) is 10.9. The van der Waals surface area contributed by atoms with E-state index < -0.39 is 34.9 Å². The van der Waals surface area contributed by atoms with Crippen LogP contribution in [0.25, 0.3) is 0 Å². The third kappa shape index (κ3) is 7.83. The Balaban J connectivity index is 1.13. The lowest BCUT2D eigenvalue weighted by atomic mass is 9.50. The molecule has 0 amide bonds. The van der Waals surface area contributed by atoms with Gasteiger partial charge in [0.1, 0.15) is 5.75 Å². The van der Waals surface area contributed by atoms with Crippen LogP contribution in [0.1, 0.15) is 107 Å². The molecule has 4 aliphatic carbocycles. The maximum absolute atomic E-state index is 13.0. The molecule has 274 valence electrons. The van der Waals surface area contributed by atoms with E-state index >= 15 is 0 Å². The van der Waals surface area contributed by atoms with Gasteiger partial charge in [-0.05, 0) is 142 Å². The molecule has 0 aromatic heterocycles. The minimum Gasteiger partial charge on any atom is -0.393 e. The van der Waals surface area contributed by atoms with Crippen LogP contribution in [0.3, 0.4) is 0 Å². The molecule has 3 saturated carbocycles. The van der Waals surface area contributed by atoms with Crippen molar-refractivity contribution < 1.29 is 44.8 Å². The first-order chi connectivity index (χ1) is 22.4. The summed E-state index contributed by atoms with van der Waals surface area (Å²) in [6, 6.07) is 5.12. The molecule has 7 nitrogen and oxygen atoms in total. The summed E-state index contributed by atoms with van der Waals surface area (Å²) in [7, 11) is -2.19. The minimum atomic E-state index is -5.49. The van der Waals surface area contributed by atoms with Crippen molar-refractivity contribution in [2.45, 2.75) is 114 Å². The Bertz CT molecular complexity index is 1380. The van der Waals surface area contributed by atoms with Crippen LogP contribution in [0.4, 0.5) is 22.0 Å². The average molecular weight is 727 g/mol. The summed E-state index contributed by atoms with van der Waals surface area (Å²) in [5.41, 5.74) is 1.78. The quantitative estimate of drug-likeness (QED) is 0.122. The van der Waals surface area contributed by atoms with Crippen molar-refractivity contribution in [2.75, 3.05) is 31.6 Å². The largest absolute Gasteiger partial charge is 0.453 e. The summed E-state index contributed by atoms with van der Waals surface area (Å²) in [6.07, 6.45) is 1.37. The van der Waals surface area contributed by atoms with Crippen LogP contribution >= 0.6 is 11.8 Å². The highest BCUT2D eigenvalue weighted by molar-refractivity contribution is 7.99. The third-order valence-electron chi connectivity index (χ3n) is 12.3. The van der Waals surface area contributed by atoms with Gasteiger partial charge in [0.05, 0.1) is 12.2 Å². The number of hydrogen-bond donors (Lipinski definition) is 3. The lowest BCUT2D eigenvalue weighted by Crippen LogP contribution is -2.47. The van der Waals surface area contributed by atoms with Crippen LogP contribution in [0.2, 0.25) is 0 Å². The van der Waals surface area contributed by atoms with E-state index in [0.29, 0.717) is 17.2 Å². The van der Waals surface area contributed by atoms with Crippen LogP contribution < -0.4 is 9.32 Å². The number of hydrogen-bond acceptors (Lipinski definition) is 7. The highest BCUT2D eigenvalue weighted by Gasteiger charge is 2.71. The predicted molar refractivity (Wildman–Crippen MR) is 176 cm³/mol. The Hall–Kier alpha value is -1.19. The van der Waals surface area contributed by atoms with E-state index in [2.05, 4.69) is 11.8 Å². The third-order valence-corrected chi connectivity index (χ3v) is 13.8. The van der Waals surface area contributed by atoms with Crippen molar-refractivity contribution in [3.63, 3.8) is 0 Å². The highest BCUT2D eigenvalue weighted by atomic mass is 32.2. The molecule has 1 aromatic carbocycles. The number of thioether (sulfide) groups is 1. The second kappa shape index (κ2) is 14.4. The Morgan fingerprint density at radius 3 is 2.35 bits per heavy atom. The number of unbranched alkanes of at least 4 members (excludes halogenated alkanes) is 2. The molecule has 1 aromatic rings. The van der Waals surface area contributed by atoms with Gasteiger partial charge in [-0.25, -0.2) is 0 Å². The zero-order chi connectivity index (χ0) is 35.1. The molecule has 0 bridgehead atoms. The van der Waals surface area contributed by atoms with Crippen molar-refractivity contribution in [1.29, 1.82) is 0 Å². The predicted octanol–water partition coefficient (Wildman–Crippen LogP) is 7.19. The topological polar surface area (TPSA) is 113 Å². The number of fused-ring (bicyclic) bond motifs is 6. The molecule has 0 aliphatic heterocycles. The Labute approximate surface area is 285 Å². The smallest absolute Gasteiger partial charge is 0.393 e. The van der Waals surface area contributed by atoms with Gasteiger partial charge in [-0.1, -0.05) is 25.8 Å². The van der Waals surface area contributed by atoms with E-state index in [4.69, 9.17) is 9.32 Å². The maximum Gasteiger partial charge on any atom is 0.453 e. The van der Waals surface area contributed by atoms with E-state index in [1.165, 1.54) is 11.8 Å². The summed E-state index contributed by atoms with van der Waals surface area (Å²) in [6.45, 7) is 4.04. The first-order valence-electron chi connectivity index (χ1n) is 17.3. The molecule has 14 heteroatoms. The molecule has 4 aliphatic rings. The fourth-order valence-electron chi connectivity index (χ4n) is 9.67. The first kappa shape index (κ1) is 38.1. The number of nitrogens with two attached hydrogens (primary N) is 1. The van der Waals surface area contributed by atoms with Crippen molar-refractivity contribution in [3.05, 3.63) is 29.3 Å². The van der Waals surface area contributed by atoms with E-state index in [1.807, 2.05) is 13.1 Å². The van der Waals surface area contributed by atoms with Crippen LogP contribution in [0.5, 0.6) is 5.75 Å². The average Bonchev–Trinajstić information content (AvgIpc) is 3.77. The van der Waals surface area contributed by atoms with E-state index in [0.717, 1.165) is 82.9 Å². The molecule has 4 N–H and O–H groups in total. The molecule has 0 radical (unpaired) electrons. The molecule has 5 rings (SSSR count). The molecular weight excluding hydrogens is 676 g/mol. The second-order valence-corrected chi connectivity index (χ2v) is 17.4. The molecule has 3 unspecified atom stereocenters. The van der Waals surface area contributed by atoms with Gasteiger partial charge in [0.2, 0.25) is 0 Å². The van der Waals surface area contributed by atoms with Gasteiger partial charge in [-0.2, -0.15) is 47.3 Å². The number of halogens is 5. The van der Waals surface area contributed by atoms with Gasteiger partial charge in [-0.3, -0.25) is 0 Å². The summed E-state index contributed by atoms with van der Waals surface area (Å²) in [5.74, 6) is -2.88. The van der Waals surface area contributed by atoms with E-state index in [-0.39, 0.29) is 52.6 Å². The number of rotatable bonds is 16. The summed E-state index contributed by atoms with van der Waals surface area (Å²) in [4.78, 5) is 2.20. The molecule has 1 spiro atoms. The standard InChI is InChI=1S/C34H51F5N2O5S2/c1-31-13-11-24-23-10-9-22(46-48(40,44)45)20-26(23)30(43)25(29(24)27(31)21-28(42)32(31)14-15-32)8-4-3-5-16-41(2)17-7-19-47-18-6-12-33(35,36)34(37,38)39/h9-10,20,24-25,27-30,42-43H,3-8,11-19,21H2,1-2H3,(H2,40,44,45)/t24?,25-,27?,28+,29?,30-,31-/m0/s1. The number of nitrogens with zero attached hydrogens (tertiary/aromatic N) is 1. The number of aliphatic hydroxyl groups excluding tert-OH is 2. The molecular formula is C34H51F5N2O5S2. The minimum absolute atomic E-state index is 0.00349. The van der Waals surface area contributed by atoms with Crippen LogP contribution in [-0.2, 0) is 10.3 Å². The van der Waals surface area contributed by atoms with Crippen molar-refractivity contribution in [1.82, 2.24) is 4.90 Å². The molecule has 7 atom stereocenters. The summed E-state index contributed by atoms with van der Waals surface area (Å²) in [5, 5.41) is 28.3. The van der Waals surface area contributed by atoms with E-state index in [9.17, 15) is 40.6 Å². The Kier molecular flexibility index (Phi) is 11.4. The van der Waals surface area contributed by atoms with Gasteiger partial charge in [0.15, 0.2) is 0 Å². The summed E-state index contributed by atoms with van der Waals surface area (Å²) < 4.78 is 91.1. The first-order valence-corrected chi connectivity index (χ1v) is 20.0. The molecule has 0 heterocycles.